The Bertz CT molecular complexity index is 123. The Morgan fingerprint density at radius 3 is 2.18 bits per heavy atom. The van der Waals surface area contributed by atoms with Crippen molar-refractivity contribution >= 4 is 0 Å². The largest absolute Gasteiger partial charge is 0.312 e. The van der Waals surface area contributed by atoms with Crippen LogP contribution in [0.5, 0.6) is 0 Å². The van der Waals surface area contributed by atoms with Gasteiger partial charge in [-0.25, -0.2) is 0 Å². The first kappa shape index (κ1) is 9.05. The normalized spacial score (nSPS) is 31.6. The Balaban J connectivity index is 2.12. The highest BCUT2D eigenvalue weighted by Crippen LogP contribution is 2.33. The third-order valence-corrected chi connectivity index (χ3v) is 2.69. The van der Waals surface area contributed by atoms with Crippen molar-refractivity contribution < 1.29 is 0 Å². The lowest BCUT2D eigenvalue weighted by molar-refractivity contribution is 0.178. The molecule has 2 atom stereocenters. The molecule has 0 aromatic rings. The van der Waals surface area contributed by atoms with Gasteiger partial charge in [-0.3, -0.25) is 0 Å². The number of hydrogen-bond acceptors (Lipinski definition) is 1. The Hall–Kier alpha value is -0.0400. The molecule has 0 saturated heterocycles. The smallest absolute Gasteiger partial charge is 0.00966 e. The van der Waals surface area contributed by atoms with Crippen molar-refractivity contribution in [2.75, 3.05) is 6.54 Å². The van der Waals surface area contributed by atoms with E-state index in [1.54, 1.807) is 0 Å². The highest BCUT2D eigenvalue weighted by Gasteiger charge is 2.27. The van der Waals surface area contributed by atoms with Crippen LogP contribution in [0.4, 0.5) is 0 Å². The molecule has 1 rings (SSSR count). The van der Waals surface area contributed by atoms with E-state index in [4.69, 9.17) is 0 Å². The topological polar surface area (TPSA) is 12.0 Å². The molecule has 11 heavy (non-hydrogen) atoms. The van der Waals surface area contributed by atoms with Crippen molar-refractivity contribution in [2.45, 2.75) is 46.1 Å². The Labute approximate surface area is 70.6 Å². The molecule has 0 aromatic heterocycles. The van der Waals surface area contributed by atoms with Crippen LogP contribution in [0.2, 0.25) is 0 Å². The highest BCUT2D eigenvalue weighted by atomic mass is 14.9. The van der Waals surface area contributed by atoms with Crippen LogP contribution in [0.15, 0.2) is 0 Å². The zero-order chi connectivity index (χ0) is 8.48. The summed E-state index contributed by atoms with van der Waals surface area (Å²) in [6.07, 6.45) is 2.88. The van der Waals surface area contributed by atoms with Gasteiger partial charge in [-0.05, 0) is 45.6 Å². The van der Waals surface area contributed by atoms with Crippen molar-refractivity contribution in [3.63, 3.8) is 0 Å². The predicted molar refractivity (Wildman–Crippen MR) is 49.6 cm³/mol. The van der Waals surface area contributed by atoms with E-state index in [2.05, 4.69) is 33.0 Å². The summed E-state index contributed by atoms with van der Waals surface area (Å²) in [5.41, 5.74) is 0.301. The van der Waals surface area contributed by atoms with Gasteiger partial charge in [0, 0.05) is 5.54 Å². The minimum Gasteiger partial charge on any atom is -0.312 e. The van der Waals surface area contributed by atoms with Gasteiger partial charge in [0.05, 0.1) is 0 Å². The Morgan fingerprint density at radius 2 is 1.91 bits per heavy atom. The summed E-state index contributed by atoms with van der Waals surface area (Å²) in [6.45, 7) is 10.3. The van der Waals surface area contributed by atoms with Crippen LogP contribution in [0.3, 0.4) is 0 Å². The minimum atomic E-state index is 0.301. The van der Waals surface area contributed by atoms with E-state index in [-0.39, 0.29) is 0 Å². The van der Waals surface area contributed by atoms with E-state index in [9.17, 15) is 0 Å². The van der Waals surface area contributed by atoms with Crippen molar-refractivity contribution in [3.05, 3.63) is 0 Å². The molecule has 0 heterocycles. The van der Waals surface area contributed by atoms with Gasteiger partial charge in [0.1, 0.15) is 0 Å². The molecule has 66 valence electrons. The number of hydrogen-bond donors (Lipinski definition) is 1. The van der Waals surface area contributed by atoms with E-state index in [1.807, 2.05) is 0 Å². The van der Waals surface area contributed by atoms with E-state index in [0.29, 0.717) is 5.54 Å². The quantitative estimate of drug-likeness (QED) is 0.645. The molecular formula is C10H21N. The molecule has 0 aromatic carbocycles. The zero-order valence-electron chi connectivity index (χ0n) is 8.28. The van der Waals surface area contributed by atoms with Gasteiger partial charge in [-0.2, -0.15) is 0 Å². The van der Waals surface area contributed by atoms with E-state index in [0.717, 1.165) is 11.8 Å². The van der Waals surface area contributed by atoms with Crippen LogP contribution in [0.1, 0.15) is 40.5 Å². The second kappa shape index (κ2) is 3.14. The monoisotopic (exact) mass is 155 g/mol. The summed E-state index contributed by atoms with van der Waals surface area (Å²) in [5, 5.41) is 3.55. The van der Waals surface area contributed by atoms with Crippen molar-refractivity contribution in [3.8, 4) is 0 Å². The maximum absolute atomic E-state index is 3.55. The molecule has 0 radical (unpaired) electrons. The maximum Gasteiger partial charge on any atom is 0.00966 e. The summed E-state index contributed by atoms with van der Waals surface area (Å²) < 4.78 is 0. The lowest BCUT2D eigenvalue weighted by Crippen LogP contribution is -2.42. The molecule has 0 aliphatic heterocycles. The van der Waals surface area contributed by atoms with E-state index < -0.39 is 0 Å². The number of rotatable bonds is 2. The first-order chi connectivity index (χ1) is 4.99. The lowest BCUT2D eigenvalue weighted by atomic mass is 9.75. The molecule has 0 bridgehead atoms. The van der Waals surface area contributed by atoms with Crippen molar-refractivity contribution in [1.29, 1.82) is 0 Å². The van der Waals surface area contributed by atoms with E-state index >= 15 is 0 Å². The predicted octanol–water partition coefficient (Wildman–Crippen LogP) is 2.42. The second-order valence-corrected chi connectivity index (χ2v) is 4.95. The van der Waals surface area contributed by atoms with Crippen LogP contribution >= 0.6 is 0 Å². The molecular weight excluding hydrogens is 134 g/mol. The summed E-state index contributed by atoms with van der Waals surface area (Å²) in [7, 11) is 0. The maximum atomic E-state index is 3.55. The molecule has 0 spiro atoms. The average molecular weight is 155 g/mol. The van der Waals surface area contributed by atoms with Gasteiger partial charge in [-0.15, -0.1) is 0 Å². The van der Waals surface area contributed by atoms with Crippen LogP contribution in [-0.2, 0) is 0 Å². The summed E-state index contributed by atoms with van der Waals surface area (Å²) in [6, 6.07) is 0. The third kappa shape index (κ3) is 2.82. The fraction of sp³-hybridized carbons (Fsp3) is 1.00. The molecule has 1 saturated carbocycles. The molecule has 2 unspecified atom stereocenters. The summed E-state index contributed by atoms with van der Waals surface area (Å²) in [5.74, 6) is 1.92. The second-order valence-electron chi connectivity index (χ2n) is 4.95. The zero-order valence-corrected chi connectivity index (χ0v) is 8.28. The van der Waals surface area contributed by atoms with Gasteiger partial charge >= 0.3 is 0 Å². The molecule has 1 fully saturated rings. The van der Waals surface area contributed by atoms with Crippen molar-refractivity contribution in [1.82, 2.24) is 5.32 Å². The third-order valence-electron chi connectivity index (χ3n) is 2.69. The van der Waals surface area contributed by atoms with Crippen LogP contribution in [0, 0.1) is 11.8 Å². The Morgan fingerprint density at radius 1 is 1.27 bits per heavy atom. The standard InChI is InChI=1S/C10H21N/c1-8-5-6-9(8)7-11-10(2,3)4/h8-9,11H,5-7H2,1-4H3. The molecule has 1 aliphatic carbocycles. The fourth-order valence-electron chi connectivity index (χ4n) is 1.48. The van der Waals surface area contributed by atoms with Crippen molar-refractivity contribution in [2.24, 2.45) is 11.8 Å². The summed E-state index contributed by atoms with van der Waals surface area (Å²) >= 11 is 0. The molecule has 1 N–H and O–H groups in total. The average Bonchev–Trinajstić information content (AvgIpc) is 1.82. The van der Waals surface area contributed by atoms with Gasteiger partial charge < -0.3 is 5.32 Å². The first-order valence-corrected chi connectivity index (χ1v) is 4.74. The summed E-state index contributed by atoms with van der Waals surface area (Å²) in [4.78, 5) is 0. The Kier molecular flexibility index (Phi) is 2.58. The first-order valence-electron chi connectivity index (χ1n) is 4.74. The van der Waals surface area contributed by atoms with Gasteiger partial charge in [-0.1, -0.05) is 13.3 Å². The lowest BCUT2D eigenvalue weighted by Gasteiger charge is -2.36. The fourth-order valence-corrected chi connectivity index (χ4v) is 1.48. The molecule has 1 heteroatoms. The van der Waals surface area contributed by atoms with Crippen LogP contribution in [0.25, 0.3) is 0 Å². The highest BCUT2D eigenvalue weighted by molar-refractivity contribution is 4.81. The van der Waals surface area contributed by atoms with E-state index in [1.165, 1.54) is 19.4 Å². The van der Waals surface area contributed by atoms with Gasteiger partial charge in [0.2, 0.25) is 0 Å². The molecule has 1 aliphatic rings. The SMILES string of the molecule is CC1CCC1CNC(C)(C)C. The number of nitrogens with one attached hydrogen (secondary N) is 1. The van der Waals surface area contributed by atoms with Crippen LogP contribution in [-0.4, -0.2) is 12.1 Å². The molecule has 0 amide bonds. The van der Waals surface area contributed by atoms with Gasteiger partial charge in [0.25, 0.3) is 0 Å². The minimum absolute atomic E-state index is 0.301. The molecule has 1 nitrogen and oxygen atoms in total. The van der Waals surface area contributed by atoms with Crippen LogP contribution < -0.4 is 5.32 Å². The van der Waals surface area contributed by atoms with Gasteiger partial charge in [0.15, 0.2) is 0 Å².